The van der Waals surface area contributed by atoms with E-state index in [1.165, 1.54) is 0 Å². The molecule has 0 fully saturated rings. The number of aromatic nitrogens is 3. The molecule has 0 unspecified atom stereocenters. The van der Waals surface area contributed by atoms with Gasteiger partial charge in [0.05, 0.1) is 6.20 Å². The molecule has 0 aliphatic heterocycles. The van der Waals surface area contributed by atoms with E-state index in [9.17, 15) is 0 Å². The maximum absolute atomic E-state index is 4.92. The fraction of sp³-hybridized carbons (Fsp3) is 0.350. The van der Waals surface area contributed by atoms with Gasteiger partial charge in [-0.2, -0.15) is 5.90 Å². The molecule has 0 amide bonds. The number of aryl methyl sites for hydroxylation is 2. The number of pyridine rings is 2. The molecular formula is C20H30N4O2. The first-order valence-electron chi connectivity index (χ1n) is 8.44. The summed E-state index contributed by atoms with van der Waals surface area (Å²) in [7, 11) is 0. The van der Waals surface area contributed by atoms with Gasteiger partial charge >= 0.3 is 0 Å². The molecule has 26 heavy (non-hydrogen) atoms. The summed E-state index contributed by atoms with van der Waals surface area (Å²) in [6, 6.07) is 3.61. The van der Waals surface area contributed by atoms with Crippen molar-refractivity contribution in [3.8, 4) is 18.1 Å². The van der Waals surface area contributed by atoms with Gasteiger partial charge in [0.25, 0.3) is 0 Å². The molecule has 3 aromatic heterocycles. The third-order valence-corrected chi connectivity index (χ3v) is 2.56. The van der Waals surface area contributed by atoms with Gasteiger partial charge in [0, 0.05) is 35.6 Å². The third kappa shape index (κ3) is 9.40. The fourth-order valence-electron chi connectivity index (χ4n) is 1.52. The number of fused-ring (bicyclic) bond motifs is 1. The molecule has 6 nitrogen and oxygen atoms in total. The maximum Gasteiger partial charge on any atom is 0.152 e. The van der Waals surface area contributed by atoms with Gasteiger partial charge in [0.1, 0.15) is 11.3 Å². The summed E-state index contributed by atoms with van der Waals surface area (Å²) < 4.78 is 4.92. The second-order valence-electron chi connectivity index (χ2n) is 4.18. The highest BCUT2D eigenvalue weighted by Gasteiger charge is 2.00. The Balaban J connectivity index is 0. The van der Waals surface area contributed by atoms with E-state index in [2.05, 4.69) is 32.3 Å². The van der Waals surface area contributed by atoms with Gasteiger partial charge in [-0.1, -0.05) is 32.9 Å². The minimum absolute atomic E-state index is 0.671. The molecule has 0 bridgehead atoms. The Labute approximate surface area is 156 Å². The fourth-order valence-corrected chi connectivity index (χ4v) is 1.52. The average molecular weight is 358 g/mol. The van der Waals surface area contributed by atoms with E-state index >= 15 is 0 Å². The normalized spacial score (nSPS) is 7.96. The van der Waals surface area contributed by atoms with Crippen molar-refractivity contribution in [3.63, 3.8) is 0 Å². The van der Waals surface area contributed by atoms with E-state index in [1.807, 2.05) is 47.6 Å². The van der Waals surface area contributed by atoms with Crippen LogP contribution in [-0.2, 0) is 0 Å². The van der Waals surface area contributed by atoms with Crippen molar-refractivity contribution in [1.29, 1.82) is 0 Å². The predicted molar refractivity (Wildman–Crippen MR) is 108 cm³/mol. The number of nitrogens with zero attached hydrogens (tertiary/aromatic N) is 3. The summed E-state index contributed by atoms with van der Waals surface area (Å²) >= 11 is 0. The highest BCUT2D eigenvalue weighted by atomic mass is 16.6. The summed E-state index contributed by atoms with van der Waals surface area (Å²) in [6.07, 6.45) is 11.3. The average Bonchev–Trinajstić information content (AvgIpc) is 3.08. The zero-order chi connectivity index (χ0) is 20.4. The van der Waals surface area contributed by atoms with Gasteiger partial charge in [-0.3, -0.25) is 9.97 Å². The van der Waals surface area contributed by atoms with Crippen molar-refractivity contribution >= 4 is 10.9 Å². The van der Waals surface area contributed by atoms with Crippen LogP contribution in [0.15, 0.2) is 41.4 Å². The van der Waals surface area contributed by atoms with Crippen LogP contribution in [0.2, 0.25) is 0 Å². The largest absolute Gasteiger partial charge is 0.411 e. The lowest BCUT2D eigenvalue weighted by atomic mass is 10.3. The Morgan fingerprint density at radius 3 is 2.04 bits per heavy atom. The van der Waals surface area contributed by atoms with Crippen LogP contribution in [0.5, 0.6) is 5.75 Å². The molecule has 142 valence electrons. The SMILES string of the molecule is C#CC.CC.CC.Cc1cnccc1ON.Cc1onc2cnccc12. The Bertz CT molecular complexity index is 749. The lowest BCUT2D eigenvalue weighted by Crippen LogP contribution is -2.02. The molecule has 0 saturated carbocycles. The lowest BCUT2D eigenvalue weighted by Gasteiger charge is -1.98. The monoisotopic (exact) mass is 358 g/mol. The van der Waals surface area contributed by atoms with Crippen LogP contribution in [0.1, 0.15) is 45.9 Å². The summed E-state index contributed by atoms with van der Waals surface area (Å²) in [5.74, 6) is 8.69. The van der Waals surface area contributed by atoms with E-state index in [0.717, 1.165) is 22.2 Å². The van der Waals surface area contributed by atoms with E-state index < -0.39 is 0 Å². The van der Waals surface area contributed by atoms with Crippen molar-refractivity contribution in [2.45, 2.75) is 48.5 Å². The van der Waals surface area contributed by atoms with Crippen LogP contribution in [-0.4, -0.2) is 15.1 Å². The van der Waals surface area contributed by atoms with Gasteiger partial charge < -0.3 is 9.36 Å². The molecule has 2 N–H and O–H groups in total. The van der Waals surface area contributed by atoms with Crippen LogP contribution in [0.25, 0.3) is 10.9 Å². The van der Waals surface area contributed by atoms with Crippen LogP contribution < -0.4 is 10.7 Å². The Kier molecular flexibility index (Phi) is 16.5. The second kappa shape index (κ2) is 16.9. The van der Waals surface area contributed by atoms with Crippen LogP contribution in [0.3, 0.4) is 0 Å². The third-order valence-electron chi connectivity index (χ3n) is 2.56. The zero-order valence-corrected chi connectivity index (χ0v) is 16.8. The van der Waals surface area contributed by atoms with Crippen LogP contribution in [0, 0.1) is 26.2 Å². The predicted octanol–water partition coefficient (Wildman–Crippen LogP) is 4.87. The van der Waals surface area contributed by atoms with Gasteiger partial charge in [0.2, 0.25) is 0 Å². The molecule has 6 heteroatoms. The van der Waals surface area contributed by atoms with Crippen molar-refractivity contribution in [3.05, 3.63) is 48.2 Å². The number of nitrogens with two attached hydrogens (primary N) is 1. The van der Waals surface area contributed by atoms with Crippen LogP contribution in [0.4, 0.5) is 0 Å². The number of rotatable bonds is 1. The molecule has 0 saturated heterocycles. The zero-order valence-electron chi connectivity index (χ0n) is 16.8. The van der Waals surface area contributed by atoms with Crippen molar-refractivity contribution in [2.75, 3.05) is 0 Å². The highest BCUT2D eigenvalue weighted by molar-refractivity contribution is 5.78. The minimum Gasteiger partial charge on any atom is -0.411 e. The van der Waals surface area contributed by atoms with E-state index in [-0.39, 0.29) is 0 Å². The first-order chi connectivity index (χ1) is 12.6. The number of terminal acetylenes is 1. The van der Waals surface area contributed by atoms with Crippen molar-refractivity contribution in [1.82, 2.24) is 15.1 Å². The van der Waals surface area contributed by atoms with Gasteiger partial charge in [-0.25, -0.2) is 0 Å². The number of hydrogen-bond donors (Lipinski definition) is 1. The smallest absolute Gasteiger partial charge is 0.152 e. The molecule has 0 aliphatic carbocycles. The summed E-state index contributed by atoms with van der Waals surface area (Å²) in [6.45, 7) is 13.4. The molecular weight excluding hydrogens is 328 g/mol. The Morgan fingerprint density at radius 1 is 1.04 bits per heavy atom. The highest BCUT2D eigenvalue weighted by Crippen LogP contribution is 2.14. The summed E-state index contributed by atoms with van der Waals surface area (Å²) in [5, 5.41) is 4.82. The number of hydrogen-bond acceptors (Lipinski definition) is 6. The van der Waals surface area contributed by atoms with Gasteiger partial charge in [-0.15, -0.1) is 12.3 Å². The van der Waals surface area contributed by atoms with Gasteiger partial charge in [-0.05, 0) is 26.8 Å². The van der Waals surface area contributed by atoms with E-state index in [1.54, 1.807) is 37.8 Å². The van der Waals surface area contributed by atoms with E-state index in [0.29, 0.717) is 5.75 Å². The lowest BCUT2D eigenvalue weighted by molar-refractivity contribution is 0.331. The molecule has 3 aromatic rings. The molecule has 0 spiro atoms. The van der Waals surface area contributed by atoms with Crippen molar-refractivity contribution in [2.24, 2.45) is 5.90 Å². The minimum atomic E-state index is 0.671. The molecule has 0 aliphatic rings. The standard InChI is InChI=1S/C7H6N2O.C6H8N2O.C3H4.2C2H6/c1-5-6-2-3-8-4-7(6)9-10-5;1-5-4-8-3-2-6(5)9-7;1-3-2;2*1-2/h2-4H,1H3;2-4H,7H2,1H3;1H,2H3;2*1-2H3. The Morgan fingerprint density at radius 2 is 1.58 bits per heavy atom. The molecule has 3 heterocycles. The van der Waals surface area contributed by atoms with Gasteiger partial charge in [0.15, 0.2) is 5.75 Å². The molecule has 3 rings (SSSR count). The molecule has 0 radical (unpaired) electrons. The van der Waals surface area contributed by atoms with E-state index in [4.69, 9.17) is 10.4 Å². The quantitative estimate of drug-likeness (QED) is 0.493. The summed E-state index contributed by atoms with van der Waals surface area (Å²) in [4.78, 5) is 12.3. The van der Waals surface area contributed by atoms with Crippen LogP contribution >= 0.6 is 0 Å². The second-order valence-corrected chi connectivity index (χ2v) is 4.18. The van der Waals surface area contributed by atoms with Crippen molar-refractivity contribution < 1.29 is 9.36 Å². The first kappa shape index (κ1) is 25.3. The Hall–Kier alpha value is -2.91. The topological polar surface area (TPSA) is 87.1 Å². The first-order valence-corrected chi connectivity index (χ1v) is 8.44. The molecule has 0 atom stereocenters. The maximum atomic E-state index is 4.92. The molecule has 0 aromatic carbocycles. The summed E-state index contributed by atoms with van der Waals surface area (Å²) in [5.41, 5.74) is 1.76.